The van der Waals surface area contributed by atoms with Crippen molar-refractivity contribution in [3.05, 3.63) is 65.7 Å². The lowest BCUT2D eigenvalue weighted by Gasteiger charge is -2.34. The molecule has 0 unspecified atom stereocenters. The number of benzene rings is 2. The molecule has 6 nitrogen and oxygen atoms in total. The van der Waals surface area contributed by atoms with Crippen LogP contribution in [0.15, 0.2) is 54.6 Å². The average Bonchev–Trinajstić information content (AvgIpc) is 2.99. The van der Waals surface area contributed by atoms with E-state index in [0.29, 0.717) is 19.9 Å². The number of ether oxygens (including phenoxy) is 2. The summed E-state index contributed by atoms with van der Waals surface area (Å²) in [5, 5.41) is 0. The molecule has 3 heterocycles. The lowest BCUT2D eigenvalue weighted by atomic mass is 10.1. The van der Waals surface area contributed by atoms with Crippen LogP contribution in [0.25, 0.3) is 0 Å². The molecule has 0 radical (unpaired) electrons. The molecule has 0 aromatic heterocycles. The van der Waals surface area contributed by atoms with Crippen molar-refractivity contribution < 1.29 is 24.1 Å². The number of para-hydroxylation sites is 1. The highest BCUT2D eigenvalue weighted by Gasteiger charge is 2.55. The van der Waals surface area contributed by atoms with E-state index in [9.17, 15) is 4.79 Å². The highest BCUT2D eigenvalue weighted by Crippen LogP contribution is 2.44. The molecule has 1 spiro atoms. The minimum absolute atomic E-state index is 0.0648. The molecule has 2 saturated heterocycles. The third-order valence-corrected chi connectivity index (χ3v) is 6.32. The average molecular weight is 396 g/mol. The first kappa shape index (κ1) is 18.8. The summed E-state index contributed by atoms with van der Waals surface area (Å²) in [6.07, 6.45) is 0.828. The number of hydrogen-bond donors (Lipinski definition) is 2. The summed E-state index contributed by atoms with van der Waals surface area (Å²) in [5.74, 6) is -1.29. The predicted octanol–water partition coefficient (Wildman–Crippen LogP) is -0.436. The lowest BCUT2D eigenvalue weighted by molar-refractivity contribution is -1.02. The van der Waals surface area contributed by atoms with Gasteiger partial charge in [0.25, 0.3) is 11.7 Å². The molecule has 3 aliphatic rings. The van der Waals surface area contributed by atoms with E-state index in [1.54, 1.807) is 4.90 Å². The lowest BCUT2D eigenvalue weighted by Crippen LogP contribution is -3.28. The summed E-state index contributed by atoms with van der Waals surface area (Å²) < 4.78 is 11.9. The van der Waals surface area contributed by atoms with Crippen molar-refractivity contribution in [2.45, 2.75) is 18.8 Å². The first-order valence-electron chi connectivity index (χ1n) is 10.7. The van der Waals surface area contributed by atoms with E-state index in [2.05, 4.69) is 30.3 Å². The topological polar surface area (TPSA) is 47.7 Å². The van der Waals surface area contributed by atoms with Crippen LogP contribution in [-0.4, -0.2) is 52.0 Å². The third kappa shape index (κ3) is 3.46. The van der Waals surface area contributed by atoms with Crippen LogP contribution in [0.5, 0.6) is 0 Å². The van der Waals surface area contributed by atoms with Gasteiger partial charge in [0.05, 0.1) is 18.9 Å². The van der Waals surface area contributed by atoms with Gasteiger partial charge in [-0.1, -0.05) is 48.5 Å². The quantitative estimate of drug-likeness (QED) is 0.738. The minimum Gasteiger partial charge on any atom is -0.338 e. The molecule has 0 atom stereocenters. The van der Waals surface area contributed by atoms with Crippen LogP contribution in [0.3, 0.4) is 0 Å². The summed E-state index contributed by atoms with van der Waals surface area (Å²) in [6.45, 7) is 7.21. The van der Waals surface area contributed by atoms with E-state index in [1.165, 1.54) is 10.5 Å². The van der Waals surface area contributed by atoms with Crippen molar-refractivity contribution in [2.24, 2.45) is 0 Å². The van der Waals surface area contributed by atoms with E-state index < -0.39 is 5.79 Å². The van der Waals surface area contributed by atoms with E-state index in [-0.39, 0.29) is 5.91 Å². The summed E-state index contributed by atoms with van der Waals surface area (Å²) in [5.41, 5.74) is 3.19. The maximum Gasteiger partial charge on any atom is 0.296 e. The molecule has 1 amide bonds. The van der Waals surface area contributed by atoms with Crippen LogP contribution in [-0.2, 0) is 26.6 Å². The summed E-state index contributed by atoms with van der Waals surface area (Å²) in [6, 6.07) is 18.6. The minimum atomic E-state index is -1.23. The van der Waals surface area contributed by atoms with Gasteiger partial charge in [-0.25, -0.2) is 0 Å². The standard InChI is InChI=1S/C23H27N3O3/c27-22-23(28-15-6-16-29-23)20-9-4-5-10-21(20)26(22)18-25-13-11-24(12-14-25)17-19-7-2-1-3-8-19/h1-5,7-10H,6,11-18H2/p+2. The Labute approximate surface area is 171 Å². The summed E-state index contributed by atoms with van der Waals surface area (Å²) in [4.78, 5) is 18.3. The number of nitrogens with one attached hydrogen (secondary N) is 2. The third-order valence-electron chi connectivity index (χ3n) is 6.32. The molecule has 0 bridgehead atoms. The number of piperazine rings is 1. The maximum absolute atomic E-state index is 13.4. The number of rotatable bonds is 4. The molecular weight excluding hydrogens is 366 g/mol. The largest absolute Gasteiger partial charge is 0.338 e. The monoisotopic (exact) mass is 395 g/mol. The fraction of sp³-hybridized carbons (Fsp3) is 0.435. The van der Waals surface area contributed by atoms with Crippen molar-refractivity contribution in [3.63, 3.8) is 0 Å². The first-order chi connectivity index (χ1) is 14.3. The number of carbonyl (C=O) groups excluding carboxylic acids is 1. The van der Waals surface area contributed by atoms with Gasteiger partial charge in [-0.05, 0) is 12.5 Å². The molecule has 0 saturated carbocycles. The second-order valence-electron chi connectivity index (χ2n) is 8.24. The van der Waals surface area contributed by atoms with Crippen LogP contribution < -0.4 is 14.7 Å². The first-order valence-corrected chi connectivity index (χ1v) is 10.7. The van der Waals surface area contributed by atoms with Gasteiger partial charge in [-0.15, -0.1) is 0 Å². The zero-order chi connectivity index (χ0) is 19.7. The molecule has 6 heteroatoms. The fourth-order valence-corrected chi connectivity index (χ4v) is 4.76. The van der Waals surface area contributed by atoms with Crippen molar-refractivity contribution in [1.82, 2.24) is 0 Å². The molecule has 2 N–H and O–H groups in total. The Morgan fingerprint density at radius 1 is 0.862 bits per heavy atom. The molecule has 152 valence electrons. The van der Waals surface area contributed by atoms with Crippen LogP contribution in [0, 0.1) is 0 Å². The Kier molecular flexibility index (Phi) is 5.09. The van der Waals surface area contributed by atoms with Gasteiger partial charge < -0.3 is 19.3 Å². The molecule has 3 aliphatic heterocycles. The van der Waals surface area contributed by atoms with E-state index in [1.807, 2.05) is 29.2 Å². The molecule has 29 heavy (non-hydrogen) atoms. The zero-order valence-corrected chi connectivity index (χ0v) is 16.7. The SMILES string of the molecule is O=C1N(C[NH+]2CC[NH+](Cc3ccccc3)CC2)c2ccccc2C12OCCCO2. The Morgan fingerprint density at radius 2 is 1.52 bits per heavy atom. The smallest absolute Gasteiger partial charge is 0.296 e. The number of amides is 1. The number of anilines is 1. The molecule has 2 fully saturated rings. The Hall–Kier alpha value is -2.25. The van der Waals surface area contributed by atoms with Gasteiger partial charge in [0, 0.05) is 11.1 Å². The van der Waals surface area contributed by atoms with Gasteiger partial charge in [-0.3, -0.25) is 9.69 Å². The van der Waals surface area contributed by atoms with Gasteiger partial charge in [0.15, 0.2) is 6.67 Å². The van der Waals surface area contributed by atoms with E-state index in [4.69, 9.17) is 9.47 Å². The predicted molar refractivity (Wildman–Crippen MR) is 109 cm³/mol. The Morgan fingerprint density at radius 3 is 2.28 bits per heavy atom. The number of nitrogens with zero attached hydrogens (tertiary/aromatic N) is 1. The Bertz CT molecular complexity index is 859. The highest BCUT2D eigenvalue weighted by molar-refractivity contribution is 6.05. The van der Waals surface area contributed by atoms with Gasteiger partial charge in [-0.2, -0.15) is 0 Å². The van der Waals surface area contributed by atoms with Crippen LogP contribution in [0.1, 0.15) is 17.5 Å². The molecule has 2 aromatic carbocycles. The second kappa shape index (κ2) is 7.88. The van der Waals surface area contributed by atoms with Crippen molar-refractivity contribution in [2.75, 3.05) is 51.0 Å². The second-order valence-corrected chi connectivity index (χ2v) is 8.24. The number of fused-ring (bicyclic) bond motifs is 2. The van der Waals surface area contributed by atoms with Crippen molar-refractivity contribution in [1.29, 1.82) is 0 Å². The molecular formula is C23H29N3O3+2. The number of quaternary nitrogens is 2. The van der Waals surface area contributed by atoms with E-state index in [0.717, 1.165) is 50.4 Å². The maximum atomic E-state index is 13.4. The fourth-order valence-electron chi connectivity index (χ4n) is 4.76. The van der Waals surface area contributed by atoms with E-state index >= 15 is 0 Å². The molecule has 2 aromatic rings. The van der Waals surface area contributed by atoms with Gasteiger partial charge in [0.1, 0.15) is 32.7 Å². The Balaban J connectivity index is 1.26. The van der Waals surface area contributed by atoms with Crippen LogP contribution in [0.2, 0.25) is 0 Å². The van der Waals surface area contributed by atoms with Crippen molar-refractivity contribution >= 4 is 11.6 Å². The number of carbonyl (C=O) groups is 1. The number of hydrogen-bond acceptors (Lipinski definition) is 3. The van der Waals surface area contributed by atoms with Crippen molar-refractivity contribution in [3.8, 4) is 0 Å². The molecule has 5 rings (SSSR count). The normalized spacial score (nSPS) is 25.9. The molecule has 0 aliphatic carbocycles. The highest BCUT2D eigenvalue weighted by atomic mass is 16.7. The van der Waals surface area contributed by atoms with Gasteiger partial charge in [0.2, 0.25) is 0 Å². The summed E-state index contributed by atoms with van der Waals surface area (Å²) >= 11 is 0. The summed E-state index contributed by atoms with van der Waals surface area (Å²) in [7, 11) is 0. The van der Waals surface area contributed by atoms with Crippen LogP contribution >= 0.6 is 0 Å². The zero-order valence-electron chi connectivity index (χ0n) is 16.7. The van der Waals surface area contributed by atoms with Crippen LogP contribution in [0.4, 0.5) is 5.69 Å². The van der Waals surface area contributed by atoms with Gasteiger partial charge >= 0.3 is 0 Å².